The topological polar surface area (TPSA) is 94.8 Å². The molecule has 0 atom stereocenters. The van der Waals surface area contributed by atoms with Crippen LogP contribution in [0, 0.1) is 0 Å². The molecule has 5 heteroatoms. The van der Waals surface area contributed by atoms with E-state index in [1.165, 1.54) is 0 Å². The molecule has 0 bridgehead atoms. The zero-order chi connectivity index (χ0) is 19.3. The van der Waals surface area contributed by atoms with Crippen LogP contribution in [0.4, 0.5) is 0 Å². The van der Waals surface area contributed by atoms with Gasteiger partial charge in [0.2, 0.25) is 0 Å². The van der Waals surface area contributed by atoms with Crippen LogP contribution in [-0.4, -0.2) is 28.9 Å². The van der Waals surface area contributed by atoms with E-state index >= 15 is 0 Å². The fourth-order valence-corrected chi connectivity index (χ4v) is 1.28. The van der Waals surface area contributed by atoms with E-state index in [-0.39, 0.29) is 0 Å². The first kappa shape index (κ1) is 23.7. The quantitative estimate of drug-likeness (QED) is 0.577. The Bertz CT molecular complexity index is 524. The highest BCUT2D eigenvalue weighted by Crippen LogP contribution is 2.04. The average molecular weight is 342 g/mol. The van der Waals surface area contributed by atoms with Crippen LogP contribution in [0.5, 0.6) is 17.2 Å². The van der Waals surface area contributed by atoms with Gasteiger partial charge in [-0.1, -0.05) is 54.6 Å². The Morgan fingerprint density at radius 2 is 0.560 bits per heavy atom. The molecule has 25 heavy (non-hydrogen) atoms. The minimum atomic E-state index is 0.322. The molecular weight excluding hydrogens is 320 g/mol. The van der Waals surface area contributed by atoms with Gasteiger partial charge in [-0.2, -0.15) is 0 Å². The van der Waals surface area contributed by atoms with Gasteiger partial charge in [-0.05, 0) is 36.4 Å². The van der Waals surface area contributed by atoms with Crippen molar-refractivity contribution >= 4 is 13.6 Å². The summed E-state index contributed by atoms with van der Waals surface area (Å²) in [5.74, 6) is 0.965. The Morgan fingerprint density at radius 1 is 0.400 bits per heavy atom. The second kappa shape index (κ2) is 18.4. The van der Waals surface area contributed by atoms with Crippen LogP contribution in [-0.2, 0) is 9.59 Å². The van der Waals surface area contributed by atoms with Crippen molar-refractivity contribution in [3.63, 3.8) is 0 Å². The van der Waals surface area contributed by atoms with Crippen LogP contribution in [0.1, 0.15) is 0 Å². The summed E-state index contributed by atoms with van der Waals surface area (Å²) in [6, 6.07) is 26.1. The van der Waals surface area contributed by atoms with Crippen molar-refractivity contribution in [3.05, 3.63) is 91.0 Å². The lowest BCUT2D eigenvalue weighted by Crippen LogP contribution is -1.56. The van der Waals surface area contributed by atoms with Crippen LogP contribution in [0.2, 0.25) is 0 Å². The predicted molar refractivity (Wildman–Crippen MR) is 98.6 cm³/mol. The van der Waals surface area contributed by atoms with Gasteiger partial charge in [0.1, 0.15) is 30.8 Å². The number of aromatic hydroxyl groups is 3. The summed E-state index contributed by atoms with van der Waals surface area (Å²) >= 11 is 0. The second-order valence-corrected chi connectivity index (χ2v) is 4.01. The number of rotatable bonds is 0. The minimum Gasteiger partial charge on any atom is -0.508 e. The molecule has 132 valence electrons. The van der Waals surface area contributed by atoms with Crippen LogP contribution in [0.15, 0.2) is 91.0 Å². The van der Waals surface area contributed by atoms with Gasteiger partial charge in [-0.25, -0.2) is 0 Å². The Balaban J connectivity index is 0. The summed E-state index contributed by atoms with van der Waals surface area (Å²) in [5, 5.41) is 25.9. The van der Waals surface area contributed by atoms with Gasteiger partial charge >= 0.3 is 0 Å². The van der Waals surface area contributed by atoms with E-state index in [9.17, 15) is 0 Å². The van der Waals surface area contributed by atoms with Crippen LogP contribution >= 0.6 is 0 Å². The van der Waals surface area contributed by atoms with Gasteiger partial charge in [0.15, 0.2) is 0 Å². The normalized spacial score (nSPS) is 7.52. The molecule has 0 radical (unpaired) electrons. The lowest BCUT2D eigenvalue weighted by Gasteiger charge is -1.82. The van der Waals surface area contributed by atoms with Crippen molar-refractivity contribution in [2.75, 3.05) is 0 Å². The summed E-state index contributed by atoms with van der Waals surface area (Å²) in [6.45, 7) is 4.00. The van der Waals surface area contributed by atoms with Gasteiger partial charge in [0.25, 0.3) is 0 Å². The molecule has 0 amide bonds. The molecule has 0 saturated heterocycles. The Hall–Kier alpha value is -3.60. The molecule has 0 saturated carbocycles. The maximum atomic E-state index is 8.63. The first-order chi connectivity index (χ1) is 12.2. The Kier molecular flexibility index (Phi) is 17.5. The zero-order valence-corrected chi connectivity index (χ0v) is 13.7. The van der Waals surface area contributed by atoms with Gasteiger partial charge in [-0.15, -0.1) is 0 Å². The summed E-state index contributed by atoms with van der Waals surface area (Å²) in [5.41, 5.74) is 0. The standard InChI is InChI=1S/3C6H6O.2CH2O/c3*7-6-4-2-1-3-5-6;2*1-2/h3*1-5,7H;2*1H2. The molecule has 0 heterocycles. The number of phenols is 3. The van der Waals surface area contributed by atoms with Crippen molar-refractivity contribution in [1.82, 2.24) is 0 Å². The molecule has 3 N–H and O–H groups in total. The lowest BCUT2D eigenvalue weighted by molar-refractivity contribution is -0.0987. The Labute approximate surface area is 147 Å². The minimum absolute atomic E-state index is 0.322. The van der Waals surface area contributed by atoms with E-state index in [0.717, 1.165) is 0 Å². The number of phenolic OH excluding ortho intramolecular Hbond substituents is 3. The molecule has 0 aliphatic rings. The third kappa shape index (κ3) is 16.6. The van der Waals surface area contributed by atoms with Gasteiger partial charge in [0, 0.05) is 0 Å². The monoisotopic (exact) mass is 342 g/mol. The summed E-state index contributed by atoms with van der Waals surface area (Å²) in [7, 11) is 0. The van der Waals surface area contributed by atoms with E-state index in [1.54, 1.807) is 72.8 Å². The third-order valence-corrected chi connectivity index (χ3v) is 2.27. The average Bonchev–Trinajstić information content (AvgIpc) is 2.68. The van der Waals surface area contributed by atoms with Gasteiger partial charge in [0.05, 0.1) is 0 Å². The molecule has 0 aromatic heterocycles. The molecule has 0 spiro atoms. The summed E-state index contributed by atoms with van der Waals surface area (Å²) in [4.78, 5) is 16.0. The first-order valence-electron chi connectivity index (χ1n) is 6.98. The highest BCUT2D eigenvalue weighted by molar-refractivity contribution is 5.19. The largest absolute Gasteiger partial charge is 0.508 e. The van der Waals surface area contributed by atoms with E-state index in [4.69, 9.17) is 24.9 Å². The van der Waals surface area contributed by atoms with Crippen molar-refractivity contribution in [2.45, 2.75) is 0 Å². The smallest absolute Gasteiger partial charge is 0.115 e. The number of carbonyl (C=O) groups is 2. The number of hydrogen-bond acceptors (Lipinski definition) is 5. The van der Waals surface area contributed by atoms with Crippen LogP contribution in [0.3, 0.4) is 0 Å². The summed E-state index contributed by atoms with van der Waals surface area (Å²) in [6.07, 6.45) is 0. The summed E-state index contributed by atoms with van der Waals surface area (Å²) < 4.78 is 0. The highest BCUT2D eigenvalue weighted by atomic mass is 16.3. The van der Waals surface area contributed by atoms with Crippen molar-refractivity contribution in [2.24, 2.45) is 0 Å². The van der Waals surface area contributed by atoms with E-state index < -0.39 is 0 Å². The van der Waals surface area contributed by atoms with Crippen LogP contribution < -0.4 is 0 Å². The lowest BCUT2D eigenvalue weighted by atomic mass is 10.3. The molecule has 0 aliphatic carbocycles. The van der Waals surface area contributed by atoms with E-state index in [0.29, 0.717) is 17.2 Å². The number of hydrogen-bond donors (Lipinski definition) is 3. The van der Waals surface area contributed by atoms with Gasteiger partial charge < -0.3 is 24.9 Å². The predicted octanol–water partition coefficient (Wildman–Crippen LogP) is 3.81. The molecule has 3 aromatic rings. The molecule has 3 rings (SSSR count). The van der Waals surface area contributed by atoms with Crippen molar-refractivity contribution in [1.29, 1.82) is 0 Å². The SMILES string of the molecule is C=O.C=O.Oc1ccccc1.Oc1ccccc1.Oc1ccccc1. The fourth-order valence-electron chi connectivity index (χ4n) is 1.28. The Morgan fingerprint density at radius 3 is 0.640 bits per heavy atom. The number of para-hydroxylation sites is 3. The zero-order valence-electron chi connectivity index (χ0n) is 13.7. The second-order valence-electron chi connectivity index (χ2n) is 4.01. The van der Waals surface area contributed by atoms with Crippen molar-refractivity contribution < 1.29 is 24.9 Å². The molecular formula is C20H22O5. The molecule has 0 fully saturated rings. The molecule has 0 unspecified atom stereocenters. The highest BCUT2D eigenvalue weighted by Gasteiger charge is 1.76. The maximum Gasteiger partial charge on any atom is 0.115 e. The molecule has 0 aliphatic heterocycles. The molecule has 5 nitrogen and oxygen atoms in total. The fraction of sp³-hybridized carbons (Fsp3) is 0. The number of carbonyl (C=O) groups excluding carboxylic acids is 2. The first-order valence-corrected chi connectivity index (χ1v) is 6.98. The number of benzene rings is 3. The van der Waals surface area contributed by atoms with Crippen molar-refractivity contribution in [3.8, 4) is 17.2 Å². The van der Waals surface area contributed by atoms with Crippen LogP contribution in [0.25, 0.3) is 0 Å². The van der Waals surface area contributed by atoms with Gasteiger partial charge in [-0.3, -0.25) is 0 Å². The maximum absolute atomic E-state index is 8.63. The van der Waals surface area contributed by atoms with E-state index in [2.05, 4.69) is 0 Å². The molecule has 3 aromatic carbocycles. The third-order valence-electron chi connectivity index (χ3n) is 2.27. The van der Waals surface area contributed by atoms with E-state index in [1.807, 2.05) is 31.8 Å².